The smallest absolute Gasteiger partial charge is 0.363 e. The van der Waals surface area contributed by atoms with E-state index in [0.717, 1.165) is 6.92 Å². The highest BCUT2D eigenvalue weighted by molar-refractivity contribution is 5.74. The zero-order valence-electron chi connectivity index (χ0n) is 8.78. The zero-order valence-corrected chi connectivity index (χ0v) is 8.78. The predicted molar refractivity (Wildman–Crippen MR) is 51.3 cm³/mol. The summed E-state index contributed by atoms with van der Waals surface area (Å²) >= 11 is 0. The number of rotatable bonds is 7. The van der Waals surface area contributed by atoms with Crippen LogP contribution in [0.15, 0.2) is 0 Å². The van der Waals surface area contributed by atoms with Crippen LogP contribution in [0.4, 0.5) is 0 Å². The van der Waals surface area contributed by atoms with Gasteiger partial charge in [0, 0.05) is 13.5 Å². The van der Waals surface area contributed by atoms with Gasteiger partial charge in [0.25, 0.3) is 5.79 Å². The van der Waals surface area contributed by atoms with E-state index in [1.807, 2.05) is 0 Å². The summed E-state index contributed by atoms with van der Waals surface area (Å²) in [5.74, 6) is -4.18. The average molecular weight is 239 g/mol. The number of aliphatic carboxylic acids is 1. The fraction of sp³-hybridized carbons (Fsp3) is 0.875. The Hall–Kier alpha value is -0.770. The topological polar surface area (TPSA) is 153 Å². The molecule has 0 bridgehead atoms. The van der Waals surface area contributed by atoms with Crippen molar-refractivity contribution in [2.24, 2.45) is 5.73 Å². The number of aliphatic hydroxyl groups excluding tert-OH is 3. The Kier molecular flexibility index (Phi) is 5.79. The second-order valence-corrected chi connectivity index (χ2v) is 3.42. The first-order chi connectivity index (χ1) is 7.26. The molecule has 0 rings (SSSR count). The lowest BCUT2D eigenvalue weighted by Crippen LogP contribution is -2.51. The maximum absolute atomic E-state index is 10.5. The summed E-state index contributed by atoms with van der Waals surface area (Å²) < 4.78 is 4.64. The van der Waals surface area contributed by atoms with E-state index in [1.165, 1.54) is 0 Å². The third kappa shape index (κ3) is 4.00. The van der Waals surface area contributed by atoms with E-state index in [1.54, 1.807) is 0 Å². The lowest BCUT2D eigenvalue weighted by atomic mass is 10.1. The fourth-order valence-electron chi connectivity index (χ4n) is 0.958. The quantitative estimate of drug-likeness (QED) is 0.254. The molecule has 8 nitrogen and oxygen atoms in total. The number of ether oxygens (including phenoxy) is 1. The fourth-order valence-corrected chi connectivity index (χ4v) is 0.958. The monoisotopic (exact) mass is 239 g/mol. The SMILES string of the molecule is CC(O)(OC(CN)C(O)[C@H](O)CO)C(=O)O. The second kappa shape index (κ2) is 6.09. The maximum Gasteiger partial charge on any atom is 0.363 e. The summed E-state index contributed by atoms with van der Waals surface area (Å²) in [6.45, 7) is -0.214. The number of hydrogen-bond donors (Lipinski definition) is 6. The van der Waals surface area contributed by atoms with Crippen LogP contribution in [0.25, 0.3) is 0 Å². The minimum atomic E-state index is -2.53. The molecule has 0 aromatic heterocycles. The molecule has 0 spiro atoms. The lowest BCUT2D eigenvalue weighted by Gasteiger charge is -2.30. The van der Waals surface area contributed by atoms with Gasteiger partial charge in [0.15, 0.2) is 0 Å². The molecule has 0 aromatic carbocycles. The van der Waals surface area contributed by atoms with Crippen LogP contribution in [-0.2, 0) is 9.53 Å². The maximum atomic E-state index is 10.5. The van der Waals surface area contributed by atoms with E-state index in [-0.39, 0.29) is 6.54 Å². The molecule has 0 aliphatic heterocycles. The van der Waals surface area contributed by atoms with Crippen molar-refractivity contribution in [2.45, 2.75) is 31.0 Å². The molecule has 8 heteroatoms. The summed E-state index contributed by atoms with van der Waals surface area (Å²) in [5, 5.41) is 44.9. The van der Waals surface area contributed by atoms with E-state index in [4.69, 9.17) is 21.1 Å². The Bertz CT molecular complexity index is 232. The van der Waals surface area contributed by atoms with Crippen LogP contribution in [0.5, 0.6) is 0 Å². The summed E-state index contributed by atoms with van der Waals surface area (Å²) in [7, 11) is 0. The highest BCUT2D eigenvalue weighted by Crippen LogP contribution is 2.13. The highest BCUT2D eigenvalue weighted by atomic mass is 16.7. The van der Waals surface area contributed by atoms with E-state index in [9.17, 15) is 15.0 Å². The summed E-state index contributed by atoms with van der Waals surface area (Å²) in [6.07, 6.45) is -4.44. The summed E-state index contributed by atoms with van der Waals surface area (Å²) in [6, 6.07) is 0. The van der Waals surface area contributed by atoms with Crippen LogP contribution in [0.3, 0.4) is 0 Å². The van der Waals surface area contributed by atoms with E-state index >= 15 is 0 Å². The molecule has 0 aromatic rings. The Balaban J connectivity index is 4.57. The standard InChI is InChI=1S/C8H17NO7/c1-8(15,7(13)14)16-5(2-9)6(12)4(11)3-10/h4-6,10-12,15H,2-3,9H2,1H3,(H,13,14)/t4-,5?,6?,8?/m1/s1. The van der Waals surface area contributed by atoms with Gasteiger partial charge in [0.05, 0.1) is 6.61 Å². The van der Waals surface area contributed by atoms with Gasteiger partial charge in [0.2, 0.25) is 0 Å². The average Bonchev–Trinajstić information content (AvgIpc) is 2.23. The van der Waals surface area contributed by atoms with Gasteiger partial charge >= 0.3 is 5.97 Å². The number of nitrogens with two attached hydrogens (primary N) is 1. The van der Waals surface area contributed by atoms with Crippen LogP contribution >= 0.6 is 0 Å². The molecular formula is C8H17NO7. The van der Waals surface area contributed by atoms with Gasteiger partial charge in [-0.2, -0.15) is 0 Å². The molecule has 3 unspecified atom stereocenters. The third-order valence-electron chi connectivity index (χ3n) is 1.97. The number of carboxylic acid groups (broad SMARTS) is 1. The van der Waals surface area contributed by atoms with Gasteiger partial charge in [-0.25, -0.2) is 4.79 Å². The Morgan fingerprint density at radius 2 is 2.00 bits per heavy atom. The lowest BCUT2D eigenvalue weighted by molar-refractivity contribution is -0.247. The van der Waals surface area contributed by atoms with Crippen molar-refractivity contribution in [1.29, 1.82) is 0 Å². The molecule has 0 aliphatic rings. The molecule has 96 valence electrons. The molecule has 0 fully saturated rings. The summed E-state index contributed by atoms with van der Waals surface area (Å²) in [5.41, 5.74) is 5.19. The van der Waals surface area contributed by atoms with Gasteiger partial charge < -0.3 is 36.0 Å². The van der Waals surface area contributed by atoms with E-state index < -0.39 is 36.7 Å². The van der Waals surface area contributed by atoms with Crippen LogP contribution < -0.4 is 5.73 Å². The van der Waals surface area contributed by atoms with Crippen molar-refractivity contribution in [2.75, 3.05) is 13.2 Å². The molecule has 0 heterocycles. The van der Waals surface area contributed by atoms with Gasteiger partial charge in [-0.05, 0) is 0 Å². The van der Waals surface area contributed by atoms with Crippen LogP contribution in [-0.4, -0.2) is 68.8 Å². The molecule has 0 radical (unpaired) electrons. The molecule has 0 saturated carbocycles. The van der Waals surface area contributed by atoms with Crippen molar-refractivity contribution in [3.8, 4) is 0 Å². The minimum absolute atomic E-state index is 0.332. The predicted octanol–water partition coefficient (Wildman–Crippen LogP) is -3.16. The Labute approximate surface area is 91.9 Å². The van der Waals surface area contributed by atoms with Gasteiger partial charge in [0.1, 0.15) is 18.3 Å². The molecule has 7 N–H and O–H groups in total. The number of carbonyl (C=O) groups is 1. The summed E-state index contributed by atoms with van der Waals surface area (Å²) in [4.78, 5) is 10.5. The minimum Gasteiger partial charge on any atom is -0.477 e. The highest BCUT2D eigenvalue weighted by Gasteiger charge is 2.37. The molecular weight excluding hydrogens is 222 g/mol. The molecule has 0 amide bonds. The van der Waals surface area contributed by atoms with Gasteiger partial charge in [-0.1, -0.05) is 0 Å². The van der Waals surface area contributed by atoms with Gasteiger partial charge in [-0.3, -0.25) is 0 Å². The van der Waals surface area contributed by atoms with Crippen molar-refractivity contribution in [3.63, 3.8) is 0 Å². The molecule has 0 saturated heterocycles. The van der Waals surface area contributed by atoms with Crippen molar-refractivity contribution in [3.05, 3.63) is 0 Å². The van der Waals surface area contributed by atoms with E-state index in [0.29, 0.717) is 0 Å². The van der Waals surface area contributed by atoms with Crippen LogP contribution in [0.1, 0.15) is 6.92 Å². The third-order valence-corrected chi connectivity index (χ3v) is 1.97. The first-order valence-electron chi connectivity index (χ1n) is 4.57. The van der Waals surface area contributed by atoms with Gasteiger partial charge in [-0.15, -0.1) is 0 Å². The number of hydrogen-bond acceptors (Lipinski definition) is 7. The first kappa shape index (κ1) is 15.2. The number of carboxylic acids is 1. The first-order valence-corrected chi connectivity index (χ1v) is 4.57. The molecule has 16 heavy (non-hydrogen) atoms. The molecule has 4 atom stereocenters. The molecule has 0 aliphatic carbocycles. The van der Waals surface area contributed by atoms with E-state index in [2.05, 4.69) is 4.74 Å². The van der Waals surface area contributed by atoms with Crippen LogP contribution in [0.2, 0.25) is 0 Å². The Morgan fingerprint density at radius 1 is 1.50 bits per heavy atom. The zero-order chi connectivity index (χ0) is 12.9. The number of aliphatic hydroxyl groups is 4. The van der Waals surface area contributed by atoms with Crippen molar-refractivity contribution in [1.82, 2.24) is 0 Å². The normalized spacial score (nSPS) is 20.9. The van der Waals surface area contributed by atoms with Crippen molar-refractivity contribution >= 4 is 5.97 Å². The second-order valence-electron chi connectivity index (χ2n) is 3.42. The largest absolute Gasteiger partial charge is 0.477 e. The van der Waals surface area contributed by atoms with Crippen LogP contribution in [0, 0.1) is 0 Å². The van der Waals surface area contributed by atoms with Crippen molar-refractivity contribution < 1.29 is 35.1 Å². The Morgan fingerprint density at radius 3 is 2.31 bits per heavy atom.